The topological polar surface area (TPSA) is 17.8 Å². The van der Waals surface area contributed by atoms with Crippen LogP contribution in [-0.2, 0) is 19.4 Å². The van der Waals surface area contributed by atoms with Gasteiger partial charge in [0.25, 0.3) is 0 Å². The molecule has 1 atom stereocenters. The number of aromatic nitrogens is 2. The number of aryl methyl sites for hydroxylation is 2. The van der Waals surface area contributed by atoms with E-state index in [4.69, 9.17) is 0 Å². The Bertz CT molecular complexity index is 565. The van der Waals surface area contributed by atoms with Gasteiger partial charge in [0, 0.05) is 23.5 Å². The van der Waals surface area contributed by atoms with Crippen molar-refractivity contribution in [2.24, 2.45) is 0 Å². The molecule has 2 aromatic rings. The molecule has 0 aliphatic rings. The lowest BCUT2D eigenvalue weighted by Crippen LogP contribution is -2.11. The third-order valence-corrected chi connectivity index (χ3v) is 4.34. The molecular weight excluding hydrogens is 319 g/mol. The molecule has 20 heavy (non-hydrogen) atoms. The van der Waals surface area contributed by atoms with Crippen molar-refractivity contribution < 1.29 is 4.39 Å². The van der Waals surface area contributed by atoms with Gasteiger partial charge in [0.2, 0.25) is 0 Å². The number of rotatable bonds is 6. The summed E-state index contributed by atoms with van der Waals surface area (Å²) in [6.45, 7) is 5.04. The molecule has 0 amide bonds. The van der Waals surface area contributed by atoms with Crippen molar-refractivity contribution in [3.05, 3.63) is 53.1 Å². The van der Waals surface area contributed by atoms with Gasteiger partial charge in [-0.1, -0.05) is 41.1 Å². The normalized spacial score (nSPS) is 12.6. The number of halogens is 2. The van der Waals surface area contributed by atoms with Crippen molar-refractivity contribution in [1.82, 2.24) is 9.78 Å². The quantitative estimate of drug-likeness (QED) is 0.717. The van der Waals surface area contributed by atoms with E-state index in [1.165, 1.54) is 11.8 Å². The van der Waals surface area contributed by atoms with E-state index in [9.17, 15) is 4.39 Å². The van der Waals surface area contributed by atoms with Crippen LogP contribution in [0, 0.1) is 5.82 Å². The smallest absolute Gasteiger partial charge is 0.126 e. The van der Waals surface area contributed by atoms with Crippen LogP contribution in [0.4, 0.5) is 4.39 Å². The highest BCUT2D eigenvalue weighted by atomic mass is 79.9. The maximum Gasteiger partial charge on any atom is 0.126 e. The van der Waals surface area contributed by atoms with Gasteiger partial charge in [-0.3, -0.25) is 4.68 Å². The summed E-state index contributed by atoms with van der Waals surface area (Å²) in [5.74, 6) is -0.00173. The number of benzene rings is 1. The minimum atomic E-state index is -0.129. The lowest BCUT2D eigenvalue weighted by Gasteiger charge is -2.16. The minimum Gasteiger partial charge on any atom is -0.270 e. The Morgan fingerprint density at radius 3 is 2.65 bits per heavy atom. The first-order chi connectivity index (χ1) is 9.69. The standard InChI is InChI=1S/C16H20BrFN2/c1-3-13-10-14(20(4-2)19-13)9-12(11-17)15-7-5-6-8-16(15)18/h5-8,10,12H,3-4,9,11H2,1-2H3. The van der Waals surface area contributed by atoms with Crippen LogP contribution >= 0.6 is 15.9 Å². The summed E-state index contributed by atoms with van der Waals surface area (Å²) < 4.78 is 16.0. The highest BCUT2D eigenvalue weighted by Gasteiger charge is 2.17. The summed E-state index contributed by atoms with van der Waals surface area (Å²) in [6, 6.07) is 9.16. The molecule has 2 nitrogen and oxygen atoms in total. The summed E-state index contributed by atoms with van der Waals surface area (Å²) in [6.07, 6.45) is 1.73. The summed E-state index contributed by atoms with van der Waals surface area (Å²) in [5, 5.41) is 5.30. The molecule has 0 aliphatic heterocycles. The second-order valence-electron chi connectivity index (χ2n) is 4.87. The zero-order valence-corrected chi connectivity index (χ0v) is 13.5. The van der Waals surface area contributed by atoms with Gasteiger partial charge in [0.15, 0.2) is 0 Å². The molecule has 0 saturated carbocycles. The first-order valence-corrected chi connectivity index (χ1v) is 8.17. The van der Waals surface area contributed by atoms with E-state index in [0.29, 0.717) is 0 Å². The highest BCUT2D eigenvalue weighted by molar-refractivity contribution is 9.09. The zero-order valence-electron chi connectivity index (χ0n) is 11.9. The van der Waals surface area contributed by atoms with Crippen LogP contribution in [0.15, 0.2) is 30.3 Å². The molecule has 1 heterocycles. The van der Waals surface area contributed by atoms with E-state index in [0.717, 1.165) is 36.0 Å². The zero-order chi connectivity index (χ0) is 14.5. The molecule has 4 heteroatoms. The fourth-order valence-electron chi connectivity index (χ4n) is 2.43. The van der Waals surface area contributed by atoms with E-state index in [1.807, 2.05) is 16.8 Å². The van der Waals surface area contributed by atoms with Gasteiger partial charge in [-0.15, -0.1) is 0 Å². The fourth-order valence-corrected chi connectivity index (χ4v) is 3.01. The summed E-state index contributed by atoms with van der Waals surface area (Å²) in [7, 11) is 0. The number of hydrogen-bond acceptors (Lipinski definition) is 1. The minimum absolute atomic E-state index is 0.128. The number of nitrogens with zero attached hydrogens (tertiary/aromatic N) is 2. The maximum atomic E-state index is 13.9. The largest absolute Gasteiger partial charge is 0.270 e. The van der Waals surface area contributed by atoms with Crippen molar-refractivity contribution >= 4 is 15.9 Å². The Morgan fingerprint density at radius 2 is 2.05 bits per heavy atom. The molecule has 0 bridgehead atoms. The van der Waals surface area contributed by atoms with Crippen LogP contribution in [0.1, 0.15) is 36.7 Å². The molecule has 0 fully saturated rings. The Labute approximate surface area is 128 Å². The van der Waals surface area contributed by atoms with Crippen LogP contribution < -0.4 is 0 Å². The lowest BCUT2D eigenvalue weighted by atomic mass is 9.95. The maximum absolute atomic E-state index is 13.9. The molecule has 1 aromatic carbocycles. The molecule has 1 aromatic heterocycles. The SMILES string of the molecule is CCc1cc(CC(CBr)c2ccccc2F)n(CC)n1. The predicted molar refractivity (Wildman–Crippen MR) is 83.9 cm³/mol. The number of hydrogen-bond donors (Lipinski definition) is 0. The van der Waals surface area contributed by atoms with Crippen molar-refractivity contribution in [1.29, 1.82) is 0 Å². The molecule has 0 saturated heterocycles. The fraction of sp³-hybridized carbons (Fsp3) is 0.438. The van der Waals surface area contributed by atoms with E-state index in [1.54, 1.807) is 6.07 Å². The highest BCUT2D eigenvalue weighted by Crippen LogP contribution is 2.25. The van der Waals surface area contributed by atoms with Crippen LogP contribution in [0.2, 0.25) is 0 Å². The molecule has 1 unspecified atom stereocenters. The average Bonchev–Trinajstić information content (AvgIpc) is 2.88. The van der Waals surface area contributed by atoms with Crippen LogP contribution in [0.25, 0.3) is 0 Å². The molecule has 0 radical (unpaired) electrons. The Morgan fingerprint density at radius 1 is 1.30 bits per heavy atom. The van der Waals surface area contributed by atoms with Gasteiger partial charge in [0.1, 0.15) is 5.82 Å². The Balaban J connectivity index is 2.26. The Kier molecular flexibility index (Phi) is 5.35. The second-order valence-corrected chi connectivity index (χ2v) is 5.52. The lowest BCUT2D eigenvalue weighted by molar-refractivity contribution is 0.567. The van der Waals surface area contributed by atoms with Crippen molar-refractivity contribution in [3.8, 4) is 0 Å². The van der Waals surface area contributed by atoms with Gasteiger partial charge < -0.3 is 0 Å². The van der Waals surface area contributed by atoms with Gasteiger partial charge in [-0.25, -0.2) is 4.39 Å². The predicted octanol–water partition coefficient (Wildman–Crippen LogP) is 4.33. The van der Waals surface area contributed by atoms with Crippen LogP contribution in [-0.4, -0.2) is 15.1 Å². The van der Waals surface area contributed by atoms with E-state index in [2.05, 4.69) is 40.9 Å². The molecular formula is C16H20BrFN2. The van der Waals surface area contributed by atoms with Crippen molar-refractivity contribution in [2.45, 2.75) is 39.2 Å². The van der Waals surface area contributed by atoms with E-state index < -0.39 is 0 Å². The molecule has 0 N–H and O–H groups in total. The van der Waals surface area contributed by atoms with Gasteiger partial charge in [-0.05, 0) is 37.5 Å². The molecule has 0 spiro atoms. The Hall–Kier alpha value is -1.16. The third kappa shape index (κ3) is 3.29. The van der Waals surface area contributed by atoms with E-state index in [-0.39, 0.29) is 11.7 Å². The summed E-state index contributed by atoms with van der Waals surface area (Å²) in [5.41, 5.74) is 3.05. The van der Waals surface area contributed by atoms with Crippen molar-refractivity contribution in [2.75, 3.05) is 5.33 Å². The molecule has 108 valence electrons. The van der Waals surface area contributed by atoms with Crippen molar-refractivity contribution in [3.63, 3.8) is 0 Å². The second kappa shape index (κ2) is 7.02. The summed E-state index contributed by atoms with van der Waals surface area (Å²) in [4.78, 5) is 0. The molecule has 2 rings (SSSR count). The van der Waals surface area contributed by atoms with Crippen LogP contribution in [0.5, 0.6) is 0 Å². The monoisotopic (exact) mass is 338 g/mol. The van der Waals surface area contributed by atoms with E-state index >= 15 is 0 Å². The van der Waals surface area contributed by atoms with Gasteiger partial charge in [0.05, 0.1) is 5.69 Å². The van der Waals surface area contributed by atoms with Gasteiger partial charge >= 0.3 is 0 Å². The van der Waals surface area contributed by atoms with Crippen LogP contribution in [0.3, 0.4) is 0 Å². The van der Waals surface area contributed by atoms with Gasteiger partial charge in [-0.2, -0.15) is 5.10 Å². The molecule has 0 aliphatic carbocycles. The summed E-state index contributed by atoms with van der Waals surface area (Å²) >= 11 is 3.52. The number of alkyl halides is 1. The first kappa shape index (κ1) is 15.2. The first-order valence-electron chi connectivity index (χ1n) is 7.05. The average molecular weight is 339 g/mol. The third-order valence-electron chi connectivity index (χ3n) is 3.56.